The third-order valence-corrected chi connectivity index (χ3v) is 7.70. The Morgan fingerprint density at radius 2 is 1.72 bits per heavy atom. The summed E-state index contributed by atoms with van der Waals surface area (Å²) in [6.45, 7) is 4.08. The molecule has 2 aliphatic rings. The van der Waals surface area contributed by atoms with Gasteiger partial charge in [-0.3, -0.25) is 4.99 Å². The number of benzene rings is 2. The van der Waals surface area contributed by atoms with Crippen molar-refractivity contribution in [3.63, 3.8) is 0 Å². The monoisotopic (exact) mass is 419 g/mol. The van der Waals surface area contributed by atoms with Crippen molar-refractivity contribution >= 4 is 15.9 Å². The van der Waals surface area contributed by atoms with Gasteiger partial charge in [0, 0.05) is 31.5 Å². The van der Waals surface area contributed by atoms with Crippen LogP contribution in [-0.4, -0.2) is 37.6 Å². The number of alkyl halides is 2. The van der Waals surface area contributed by atoms with Gasteiger partial charge in [0.05, 0.1) is 11.4 Å². The number of hydrogen-bond acceptors (Lipinski definition) is 4. The quantitative estimate of drug-likeness (QED) is 0.826. The second-order valence-corrected chi connectivity index (χ2v) is 9.65. The molecule has 0 unspecified atom stereocenters. The maximum atomic E-state index is 13.4. The van der Waals surface area contributed by atoms with Gasteiger partial charge in [-0.1, -0.05) is 18.2 Å². The lowest BCUT2D eigenvalue weighted by molar-refractivity contribution is -0.0412. The number of nitrogens with zero attached hydrogens (tertiary/aromatic N) is 2. The molecule has 0 amide bonds. The number of piperidine rings is 1. The predicted molar refractivity (Wildman–Crippen MR) is 109 cm³/mol. The molecule has 2 aromatic carbocycles. The van der Waals surface area contributed by atoms with Gasteiger partial charge in [-0.25, -0.2) is 17.2 Å². The Labute approximate surface area is 169 Å². The Morgan fingerprint density at radius 1 is 1.07 bits per heavy atom. The number of aryl methyl sites for hydroxylation is 1. The van der Waals surface area contributed by atoms with E-state index in [-0.39, 0.29) is 18.0 Å². The van der Waals surface area contributed by atoms with Gasteiger partial charge < -0.3 is 5.73 Å². The fourth-order valence-corrected chi connectivity index (χ4v) is 5.63. The molecule has 0 spiro atoms. The molecule has 5 nitrogen and oxygen atoms in total. The SMILES string of the molecule is Cc1cc(S(=O)(=O)N2CCC(F)(F)CC2)ccc1-c1ccc2c(c1C)C(N)=NC2. The van der Waals surface area contributed by atoms with E-state index in [4.69, 9.17) is 5.73 Å². The average Bonchev–Trinajstić information content (AvgIpc) is 3.04. The van der Waals surface area contributed by atoms with Crippen molar-refractivity contribution in [2.24, 2.45) is 10.7 Å². The number of sulfonamides is 1. The Morgan fingerprint density at radius 3 is 2.38 bits per heavy atom. The van der Waals surface area contributed by atoms with Crippen LogP contribution in [-0.2, 0) is 16.6 Å². The predicted octanol–water partition coefficient (Wildman–Crippen LogP) is 3.61. The number of nitrogens with two attached hydrogens (primary N) is 1. The number of aliphatic imine (C=N–C) groups is 1. The zero-order chi connectivity index (χ0) is 21.0. The highest BCUT2D eigenvalue weighted by Crippen LogP contribution is 2.35. The zero-order valence-corrected chi connectivity index (χ0v) is 17.2. The van der Waals surface area contributed by atoms with Crippen LogP contribution >= 0.6 is 0 Å². The average molecular weight is 419 g/mol. The molecule has 0 saturated carbocycles. The zero-order valence-electron chi connectivity index (χ0n) is 16.4. The van der Waals surface area contributed by atoms with Gasteiger partial charge in [-0.05, 0) is 53.8 Å². The maximum absolute atomic E-state index is 13.4. The van der Waals surface area contributed by atoms with Crippen LogP contribution in [0.5, 0.6) is 0 Å². The minimum atomic E-state index is -3.80. The van der Waals surface area contributed by atoms with Crippen molar-refractivity contribution < 1.29 is 17.2 Å². The first-order chi connectivity index (χ1) is 13.6. The molecule has 1 fully saturated rings. The standard InChI is InChI=1S/C21H23F2N3O2S/c1-13-11-16(29(27,28)26-9-7-21(22,23)8-10-26)4-6-17(13)18-5-3-15-12-25-20(24)19(15)14(18)2/h3-6,11H,7-10,12H2,1-2H3,(H2,24,25). The van der Waals surface area contributed by atoms with E-state index in [1.165, 1.54) is 0 Å². The van der Waals surface area contributed by atoms with Crippen LogP contribution in [0.4, 0.5) is 8.78 Å². The Kier molecular flexibility index (Phi) is 4.74. The van der Waals surface area contributed by atoms with E-state index >= 15 is 0 Å². The van der Waals surface area contributed by atoms with Gasteiger partial charge >= 0.3 is 0 Å². The van der Waals surface area contributed by atoms with E-state index in [9.17, 15) is 17.2 Å². The molecule has 4 rings (SSSR count). The molecule has 0 aromatic heterocycles. The molecular weight excluding hydrogens is 396 g/mol. The van der Waals surface area contributed by atoms with Crippen LogP contribution in [0, 0.1) is 13.8 Å². The first-order valence-corrected chi connectivity index (χ1v) is 11.0. The number of halogens is 2. The third kappa shape index (κ3) is 3.44. The summed E-state index contributed by atoms with van der Waals surface area (Å²) in [7, 11) is -3.80. The van der Waals surface area contributed by atoms with Crippen molar-refractivity contribution in [3.05, 3.63) is 52.6 Å². The summed E-state index contributed by atoms with van der Waals surface area (Å²) >= 11 is 0. The van der Waals surface area contributed by atoms with Crippen molar-refractivity contribution in [3.8, 4) is 11.1 Å². The van der Waals surface area contributed by atoms with Gasteiger partial charge in [-0.15, -0.1) is 0 Å². The highest BCUT2D eigenvalue weighted by Gasteiger charge is 2.38. The molecule has 29 heavy (non-hydrogen) atoms. The first kappa shape index (κ1) is 20.0. The van der Waals surface area contributed by atoms with Crippen molar-refractivity contribution in [2.45, 2.75) is 44.1 Å². The van der Waals surface area contributed by atoms with Crippen LogP contribution in [0.25, 0.3) is 11.1 Å². The smallest absolute Gasteiger partial charge is 0.250 e. The van der Waals surface area contributed by atoms with E-state index < -0.39 is 28.8 Å². The summed E-state index contributed by atoms with van der Waals surface area (Å²) in [6.07, 6.45) is -0.888. The van der Waals surface area contributed by atoms with Crippen LogP contribution in [0.2, 0.25) is 0 Å². The van der Waals surface area contributed by atoms with Gasteiger partial charge in [0.2, 0.25) is 10.0 Å². The first-order valence-electron chi connectivity index (χ1n) is 9.52. The van der Waals surface area contributed by atoms with Crippen molar-refractivity contribution in [1.29, 1.82) is 0 Å². The van der Waals surface area contributed by atoms with E-state index in [0.717, 1.165) is 37.7 Å². The minimum Gasteiger partial charge on any atom is -0.383 e. The third-order valence-electron chi connectivity index (χ3n) is 5.81. The molecule has 2 aliphatic heterocycles. The molecule has 0 radical (unpaired) electrons. The van der Waals surface area contributed by atoms with Gasteiger partial charge in [0.1, 0.15) is 5.84 Å². The molecule has 154 valence electrons. The second-order valence-electron chi connectivity index (χ2n) is 7.71. The number of hydrogen-bond donors (Lipinski definition) is 1. The molecule has 0 atom stereocenters. The van der Waals surface area contributed by atoms with Crippen LogP contribution in [0.3, 0.4) is 0 Å². The molecule has 2 heterocycles. The van der Waals surface area contributed by atoms with E-state index in [2.05, 4.69) is 4.99 Å². The summed E-state index contributed by atoms with van der Waals surface area (Å²) in [5.74, 6) is -2.26. The van der Waals surface area contributed by atoms with E-state index in [1.54, 1.807) is 18.2 Å². The van der Waals surface area contributed by atoms with Gasteiger partial charge in [-0.2, -0.15) is 4.31 Å². The lowest BCUT2D eigenvalue weighted by Crippen LogP contribution is -2.42. The normalized spacial score (nSPS) is 19.1. The summed E-state index contributed by atoms with van der Waals surface area (Å²) in [5.41, 5.74) is 11.8. The Bertz CT molecular complexity index is 1120. The minimum absolute atomic E-state index is 0.129. The van der Waals surface area contributed by atoms with Crippen LogP contribution < -0.4 is 5.73 Å². The van der Waals surface area contributed by atoms with Crippen molar-refractivity contribution in [1.82, 2.24) is 4.31 Å². The summed E-state index contributed by atoms with van der Waals surface area (Å²) in [5, 5.41) is 0. The molecule has 2 N–H and O–H groups in total. The molecule has 0 aliphatic carbocycles. The number of amidine groups is 1. The molecule has 0 bridgehead atoms. The number of rotatable bonds is 3. The van der Waals surface area contributed by atoms with Gasteiger partial charge in [0.25, 0.3) is 5.92 Å². The summed E-state index contributed by atoms with van der Waals surface area (Å²) in [6, 6.07) is 8.94. The molecular formula is C21H23F2N3O2S. The Hall–Kier alpha value is -2.32. The maximum Gasteiger partial charge on any atom is 0.250 e. The van der Waals surface area contributed by atoms with E-state index in [0.29, 0.717) is 12.4 Å². The summed E-state index contributed by atoms with van der Waals surface area (Å²) in [4.78, 5) is 4.42. The fourth-order valence-electron chi connectivity index (χ4n) is 4.10. The second kappa shape index (κ2) is 6.88. The fraction of sp³-hybridized carbons (Fsp3) is 0.381. The lowest BCUT2D eigenvalue weighted by atomic mass is 9.91. The highest BCUT2D eigenvalue weighted by molar-refractivity contribution is 7.89. The van der Waals surface area contributed by atoms with Crippen LogP contribution in [0.1, 0.15) is 35.1 Å². The summed E-state index contributed by atoms with van der Waals surface area (Å²) < 4.78 is 53.8. The number of fused-ring (bicyclic) bond motifs is 1. The van der Waals surface area contributed by atoms with E-state index in [1.807, 2.05) is 26.0 Å². The lowest BCUT2D eigenvalue weighted by Gasteiger charge is -2.31. The van der Waals surface area contributed by atoms with Gasteiger partial charge in [0.15, 0.2) is 0 Å². The largest absolute Gasteiger partial charge is 0.383 e. The Balaban J connectivity index is 1.68. The molecule has 8 heteroatoms. The molecule has 2 aromatic rings. The van der Waals surface area contributed by atoms with Crippen LogP contribution in [0.15, 0.2) is 40.2 Å². The highest BCUT2D eigenvalue weighted by atomic mass is 32.2. The topological polar surface area (TPSA) is 75.8 Å². The molecule has 1 saturated heterocycles. The van der Waals surface area contributed by atoms with Crippen molar-refractivity contribution in [2.75, 3.05) is 13.1 Å².